The van der Waals surface area contributed by atoms with Gasteiger partial charge in [-0.2, -0.15) is 13.2 Å². The second-order valence-electron chi connectivity index (χ2n) is 10.0. The number of benzene rings is 2. The fraction of sp³-hybridized carbons (Fsp3) is 0.333. The van der Waals surface area contributed by atoms with Crippen LogP contribution in [0.3, 0.4) is 0 Å². The van der Waals surface area contributed by atoms with Gasteiger partial charge in [-0.25, -0.2) is 0 Å². The van der Waals surface area contributed by atoms with Crippen molar-refractivity contribution in [3.63, 3.8) is 0 Å². The lowest BCUT2D eigenvalue weighted by Crippen LogP contribution is -2.39. The van der Waals surface area contributed by atoms with E-state index in [2.05, 4.69) is 10.6 Å². The molecule has 1 unspecified atom stereocenters. The lowest BCUT2D eigenvalue weighted by Gasteiger charge is -2.39. The van der Waals surface area contributed by atoms with Crippen molar-refractivity contribution in [2.45, 2.75) is 45.7 Å². The maximum Gasteiger partial charge on any atom is 0.418 e. The second-order valence-corrected chi connectivity index (χ2v) is 10.0. The molecule has 2 aromatic rings. The van der Waals surface area contributed by atoms with Gasteiger partial charge < -0.3 is 20.1 Å². The fourth-order valence-corrected chi connectivity index (χ4v) is 5.19. The van der Waals surface area contributed by atoms with Crippen LogP contribution in [0.15, 0.2) is 65.0 Å². The molecule has 0 spiro atoms. The lowest BCUT2D eigenvalue weighted by molar-refractivity contribution is -0.137. The van der Waals surface area contributed by atoms with Crippen molar-refractivity contribution in [2.75, 3.05) is 12.1 Å². The van der Waals surface area contributed by atoms with E-state index in [1.54, 1.807) is 25.1 Å². The summed E-state index contributed by atoms with van der Waals surface area (Å²) < 4.78 is 51.7. The lowest BCUT2D eigenvalue weighted by atomic mass is 9.68. The number of halogens is 3. The number of carbonyl (C=O) groups is 2. The molecule has 0 saturated heterocycles. The molecule has 188 valence electrons. The van der Waals surface area contributed by atoms with Gasteiger partial charge in [0.1, 0.15) is 0 Å². The van der Waals surface area contributed by atoms with E-state index in [0.717, 1.165) is 11.8 Å². The zero-order valence-electron chi connectivity index (χ0n) is 20.0. The molecular formula is C27H25F3N2O4. The Bertz CT molecular complexity index is 1340. The van der Waals surface area contributed by atoms with Crippen molar-refractivity contribution >= 4 is 17.4 Å². The molecule has 9 heteroatoms. The number of amides is 1. The maximum absolute atomic E-state index is 13.6. The van der Waals surface area contributed by atoms with Crippen molar-refractivity contribution in [3.05, 3.63) is 76.1 Å². The summed E-state index contributed by atoms with van der Waals surface area (Å²) in [7, 11) is 0. The van der Waals surface area contributed by atoms with Gasteiger partial charge in [0, 0.05) is 34.9 Å². The third kappa shape index (κ3) is 4.23. The molecule has 1 atom stereocenters. The van der Waals surface area contributed by atoms with Gasteiger partial charge in [0.2, 0.25) is 6.79 Å². The number of dihydropyridines is 1. The summed E-state index contributed by atoms with van der Waals surface area (Å²) in [5.74, 6) is -0.578. The fourth-order valence-electron chi connectivity index (χ4n) is 5.19. The zero-order valence-corrected chi connectivity index (χ0v) is 20.0. The molecule has 2 N–H and O–H groups in total. The Morgan fingerprint density at radius 1 is 1.08 bits per heavy atom. The van der Waals surface area contributed by atoms with Crippen LogP contribution < -0.4 is 20.1 Å². The Balaban J connectivity index is 1.61. The molecule has 1 amide bonds. The Labute approximate surface area is 206 Å². The summed E-state index contributed by atoms with van der Waals surface area (Å²) in [5.41, 5.74) is 0.882. The van der Waals surface area contributed by atoms with Crippen LogP contribution >= 0.6 is 0 Å². The van der Waals surface area contributed by atoms with Gasteiger partial charge in [-0.3, -0.25) is 9.59 Å². The molecule has 1 aliphatic carbocycles. The van der Waals surface area contributed by atoms with Crippen molar-refractivity contribution in [3.8, 4) is 11.5 Å². The van der Waals surface area contributed by atoms with E-state index >= 15 is 0 Å². The summed E-state index contributed by atoms with van der Waals surface area (Å²) in [5, 5.41) is 5.67. The number of ether oxygens (including phenoxy) is 2. The average Bonchev–Trinajstić information content (AvgIpc) is 3.24. The molecule has 0 saturated carbocycles. The number of fused-ring (bicyclic) bond motifs is 1. The van der Waals surface area contributed by atoms with Crippen LogP contribution in [-0.2, 0) is 15.8 Å². The minimum atomic E-state index is -4.64. The molecule has 3 aliphatic rings. The highest BCUT2D eigenvalue weighted by Gasteiger charge is 2.43. The van der Waals surface area contributed by atoms with Crippen LogP contribution in [0, 0.1) is 5.41 Å². The highest BCUT2D eigenvalue weighted by Crippen LogP contribution is 2.48. The van der Waals surface area contributed by atoms with Gasteiger partial charge in [0.05, 0.1) is 11.3 Å². The SMILES string of the molecule is CC1=C(C(=O)Nc2ccccc2C(F)(F)F)C(c2ccc3c(c2)OCO3)C2=C(CC(C)(C)CC2=O)N1. The van der Waals surface area contributed by atoms with E-state index in [4.69, 9.17) is 9.47 Å². The van der Waals surface area contributed by atoms with Crippen molar-refractivity contribution < 1.29 is 32.2 Å². The Morgan fingerprint density at radius 3 is 2.56 bits per heavy atom. The highest BCUT2D eigenvalue weighted by atomic mass is 19.4. The van der Waals surface area contributed by atoms with E-state index in [9.17, 15) is 22.8 Å². The summed E-state index contributed by atoms with van der Waals surface area (Å²) in [6.45, 7) is 5.76. The van der Waals surface area contributed by atoms with E-state index in [1.807, 2.05) is 13.8 Å². The van der Waals surface area contributed by atoms with Gasteiger partial charge >= 0.3 is 6.18 Å². The van der Waals surface area contributed by atoms with Crippen LogP contribution in [0.1, 0.15) is 50.7 Å². The number of allylic oxidation sites excluding steroid dienone is 3. The summed E-state index contributed by atoms with van der Waals surface area (Å²) in [6, 6.07) is 10.0. The molecule has 2 aromatic carbocycles. The number of Topliss-reactive ketones (excluding diaryl/α,β-unsaturated/α-hetero) is 1. The van der Waals surface area contributed by atoms with E-state index in [0.29, 0.717) is 41.2 Å². The number of alkyl halides is 3. The minimum absolute atomic E-state index is 0.0580. The summed E-state index contributed by atoms with van der Waals surface area (Å²) in [4.78, 5) is 27.0. The molecule has 36 heavy (non-hydrogen) atoms. The molecule has 0 aromatic heterocycles. The highest BCUT2D eigenvalue weighted by molar-refractivity contribution is 6.10. The van der Waals surface area contributed by atoms with Crippen LogP contribution in [0.25, 0.3) is 0 Å². The number of hydrogen-bond acceptors (Lipinski definition) is 5. The molecule has 0 radical (unpaired) electrons. The van der Waals surface area contributed by atoms with Gasteiger partial charge in [0.25, 0.3) is 5.91 Å². The first-order valence-electron chi connectivity index (χ1n) is 11.6. The quantitative estimate of drug-likeness (QED) is 0.570. The zero-order chi connectivity index (χ0) is 25.8. The Morgan fingerprint density at radius 2 is 1.81 bits per heavy atom. The Hall–Kier alpha value is -3.75. The van der Waals surface area contributed by atoms with Crippen LogP contribution in [0.5, 0.6) is 11.5 Å². The smallest absolute Gasteiger partial charge is 0.418 e. The normalized spacial score (nSPS) is 20.7. The summed E-state index contributed by atoms with van der Waals surface area (Å²) >= 11 is 0. The first kappa shape index (κ1) is 24.0. The van der Waals surface area contributed by atoms with Gasteiger partial charge in [0.15, 0.2) is 17.3 Å². The third-order valence-electron chi connectivity index (χ3n) is 6.69. The number of rotatable bonds is 3. The molecule has 5 rings (SSSR count). The van der Waals surface area contributed by atoms with E-state index < -0.39 is 23.6 Å². The molecular weight excluding hydrogens is 473 g/mol. The molecule has 2 aliphatic heterocycles. The number of nitrogens with one attached hydrogen (secondary N) is 2. The van der Waals surface area contributed by atoms with Crippen molar-refractivity contribution in [1.29, 1.82) is 0 Å². The number of anilines is 1. The van der Waals surface area contributed by atoms with Crippen LogP contribution in [-0.4, -0.2) is 18.5 Å². The average molecular weight is 499 g/mol. The number of ketones is 1. The van der Waals surface area contributed by atoms with E-state index in [-0.39, 0.29) is 29.3 Å². The predicted molar refractivity (Wildman–Crippen MR) is 126 cm³/mol. The first-order chi connectivity index (χ1) is 16.9. The van der Waals surface area contributed by atoms with E-state index in [1.165, 1.54) is 18.2 Å². The van der Waals surface area contributed by atoms with Crippen molar-refractivity contribution in [2.24, 2.45) is 5.41 Å². The monoisotopic (exact) mass is 498 g/mol. The predicted octanol–water partition coefficient (Wildman–Crippen LogP) is 5.68. The van der Waals surface area contributed by atoms with Gasteiger partial charge in [-0.15, -0.1) is 0 Å². The van der Waals surface area contributed by atoms with Crippen LogP contribution in [0.4, 0.5) is 18.9 Å². The molecule has 6 nitrogen and oxygen atoms in total. The Kier molecular flexibility index (Phi) is 5.61. The summed E-state index contributed by atoms with van der Waals surface area (Å²) in [6.07, 6.45) is -3.76. The standard InChI is InChI=1S/C27H25F3N2O4/c1-14-22(25(34)32-17-7-5-4-6-16(17)27(28,29)30)23(15-8-9-20-21(10-15)36-13-35-20)24-18(31-14)11-26(2,3)12-19(24)33/h4-10,23,31H,11-13H2,1-3H3,(H,32,34). The first-order valence-corrected chi connectivity index (χ1v) is 11.6. The largest absolute Gasteiger partial charge is 0.454 e. The number of para-hydroxylation sites is 1. The number of carbonyl (C=O) groups excluding carboxylic acids is 2. The van der Waals surface area contributed by atoms with Crippen LogP contribution in [0.2, 0.25) is 0 Å². The third-order valence-corrected chi connectivity index (χ3v) is 6.69. The number of hydrogen-bond donors (Lipinski definition) is 2. The minimum Gasteiger partial charge on any atom is -0.454 e. The van der Waals surface area contributed by atoms with Gasteiger partial charge in [-0.05, 0) is 48.6 Å². The second kappa shape index (κ2) is 8.43. The molecule has 0 bridgehead atoms. The molecule has 0 fully saturated rings. The topological polar surface area (TPSA) is 76.7 Å². The van der Waals surface area contributed by atoms with Crippen molar-refractivity contribution in [1.82, 2.24) is 5.32 Å². The maximum atomic E-state index is 13.6. The molecule has 2 heterocycles. The van der Waals surface area contributed by atoms with Gasteiger partial charge in [-0.1, -0.05) is 32.0 Å².